The molecule has 1 aromatic carbocycles. The van der Waals surface area contributed by atoms with E-state index in [4.69, 9.17) is 5.11 Å². The number of carboxylic acids is 1. The van der Waals surface area contributed by atoms with Gasteiger partial charge in [-0.05, 0) is 24.1 Å². The van der Waals surface area contributed by atoms with Crippen LogP contribution < -0.4 is 5.32 Å². The van der Waals surface area contributed by atoms with E-state index in [0.29, 0.717) is 5.82 Å². The van der Waals surface area contributed by atoms with Crippen molar-refractivity contribution in [2.75, 3.05) is 5.32 Å². The Morgan fingerprint density at radius 3 is 2.78 bits per heavy atom. The first-order valence-corrected chi connectivity index (χ1v) is 5.60. The topological polar surface area (TPSA) is 75.1 Å². The second-order valence-corrected chi connectivity index (χ2v) is 3.77. The van der Waals surface area contributed by atoms with E-state index in [1.807, 2.05) is 24.3 Å². The van der Waals surface area contributed by atoms with E-state index in [0.717, 1.165) is 12.1 Å². The molecule has 0 saturated heterocycles. The number of aryl methyl sites for hydroxylation is 1. The normalized spacial score (nSPS) is 10.1. The molecule has 2 N–H and O–H groups in total. The van der Waals surface area contributed by atoms with E-state index in [1.54, 1.807) is 0 Å². The molecule has 0 spiro atoms. The van der Waals surface area contributed by atoms with Gasteiger partial charge in [-0.1, -0.05) is 19.1 Å². The maximum Gasteiger partial charge on any atom is 0.356 e. The Balaban J connectivity index is 2.15. The number of aromatic nitrogens is 2. The smallest absolute Gasteiger partial charge is 0.356 e. The summed E-state index contributed by atoms with van der Waals surface area (Å²) in [4.78, 5) is 18.4. The van der Waals surface area contributed by atoms with Crippen LogP contribution in [-0.2, 0) is 6.42 Å². The largest absolute Gasteiger partial charge is 0.476 e. The first kappa shape index (κ1) is 12.0. The predicted octanol–water partition coefficient (Wildman–Crippen LogP) is 2.48. The third-order valence-electron chi connectivity index (χ3n) is 2.48. The van der Waals surface area contributed by atoms with Gasteiger partial charge >= 0.3 is 5.97 Å². The third kappa shape index (κ3) is 2.82. The van der Waals surface area contributed by atoms with Crippen molar-refractivity contribution in [1.82, 2.24) is 9.97 Å². The van der Waals surface area contributed by atoms with E-state index in [-0.39, 0.29) is 5.69 Å². The molecule has 18 heavy (non-hydrogen) atoms. The first-order valence-electron chi connectivity index (χ1n) is 5.60. The lowest BCUT2D eigenvalue weighted by atomic mass is 10.1. The Morgan fingerprint density at radius 2 is 2.17 bits per heavy atom. The molecule has 1 aromatic heterocycles. The van der Waals surface area contributed by atoms with Crippen molar-refractivity contribution in [1.29, 1.82) is 0 Å². The van der Waals surface area contributed by atoms with Gasteiger partial charge in [-0.2, -0.15) is 0 Å². The highest BCUT2D eigenvalue weighted by molar-refractivity contribution is 5.85. The number of anilines is 2. The van der Waals surface area contributed by atoms with Crippen LogP contribution in [0.2, 0.25) is 0 Å². The zero-order chi connectivity index (χ0) is 13.0. The van der Waals surface area contributed by atoms with Crippen LogP contribution >= 0.6 is 0 Å². The molecule has 2 rings (SSSR count). The molecule has 0 saturated carbocycles. The van der Waals surface area contributed by atoms with E-state index in [2.05, 4.69) is 22.2 Å². The molecular formula is C13H13N3O2. The second-order valence-electron chi connectivity index (χ2n) is 3.77. The molecule has 5 heteroatoms. The summed E-state index contributed by atoms with van der Waals surface area (Å²) in [6.07, 6.45) is 3.59. The Kier molecular flexibility index (Phi) is 3.52. The van der Waals surface area contributed by atoms with Crippen LogP contribution in [0.3, 0.4) is 0 Å². The first-order chi connectivity index (χ1) is 8.69. The fourth-order valence-electron chi connectivity index (χ4n) is 1.52. The number of rotatable bonds is 4. The van der Waals surface area contributed by atoms with Gasteiger partial charge < -0.3 is 10.4 Å². The molecule has 0 aliphatic heterocycles. The number of carboxylic acid groups (broad SMARTS) is 1. The van der Waals surface area contributed by atoms with Crippen LogP contribution in [0.1, 0.15) is 23.0 Å². The Labute approximate surface area is 105 Å². The van der Waals surface area contributed by atoms with E-state index < -0.39 is 5.97 Å². The molecule has 1 heterocycles. The fourth-order valence-corrected chi connectivity index (χ4v) is 1.52. The van der Waals surface area contributed by atoms with Gasteiger partial charge in [0.15, 0.2) is 5.69 Å². The highest BCUT2D eigenvalue weighted by atomic mass is 16.4. The number of carbonyl (C=O) groups is 1. The van der Waals surface area contributed by atoms with Gasteiger partial charge in [-0.3, -0.25) is 0 Å². The van der Waals surface area contributed by atoms with E-state index in [1.165, 1.54) is 18.0 Å². The second kappa shape index (κ2) is 5.27. The standard InChI is InChI=1S/C13H13N3O2/c1-2-9-4-3-5-10(6-9)16-12-8-14-11(7-15-12)13(17)18/h3-8H,2H2,1H3,(H,15,16)(H,17,18). The van der Waals surface area contributed by atoms with Gasteiger partial charge in [0.25, 0.3) is 0 Å². The monoisotopic (exact) mass is 243 g/mol. The Bertz CT molecular complexity index is 552. The highest BCUT2D eigenvalue weighted by Gasteiger charge is 2.04. The average molecular weight is 243 g/mol. The molecule has 0 amide bonds. The van der Waals surface area contributed by atoms with Crippen molar-refractivity contribution in [2.24, 2.45) is 0 Å². The van der Waals surface area contributed by atoms with Crippen molar-refractivity contribution >= 4 is 17.5 Å². The molecule has 0 radical (unpaired) electrons. The van der Waals surface area contributed by atoms with Crippen molar-refractivity contribution in [3.63, 3.8) is 0 Å². The molecule has 0 aliphatic carbocycles. The molecule has 0 unspecified atom stereocenters. The zero-order valence-corrected chi connectivity index (χ0v) is 9.92. The molecule has 0 fully saturated rings. The van der Waals surface area contributed by atoms with Gasteiger partial charge in [0.05, 0.1) is 12.4 Å². The van der Waals surface area contributed by atoms with Crippen LogP contribution in [0.4, 0.5) is 11.5 Å². The average Bonchev–Trinajstić information content (AvgIpc) is 2.39. The molecule has 2 aromatic rings. The molecule has 92 valence electrons. The van der Waals surface area contributed by atoms with Crippen molar-refractivity contribution in [2.45, 2.75) is 13.3 Å². The summed E-state index contributed by atoms with van der Waals surface area (Å²) in [7, 11) is 0. The molecule has 0 aliphatic rings. The van der Waals surface area contributed by atoms with Gasteiger partial charge in [0.1, 0.15) is 5.82 Å². The van der Waals surface area contributed by atoms with Crippen molar-refractivity contribution < 1.29 is 9.90 Å². The van der Waals surface area contributed by atoms with Crippen LogP contribution in [0, 0.1) is 0 Å². The van der Waals surface area contributed by atoms with Crippen LogP contribution in [0.15, 0.2) is 36.7 Å². The number of aromatic carboxylic acids is 1. The van der Waals surface area contributed by atoms with E-state index in [9.17, 15) is 4.79 Å². The zero-order valence-electron chi connectivity index (χ0n) is 9.92. The van der Waals surface area contributed by atoms with Gasteiger partial charge in [0.2, 0.25) is 0 Å². The lowest BCUT2D eigenvalue weighted by molar-refractivity contribution is 0.0690. The summed E-state index contributed by atoms with van der Waals surface area (Å²) < 4.78 is 0. The number of nitrogens with one attached hydrogen (secondary N) is 1. The van der Waals surface area contributed by atoms with Gasteiger partial charge in [0, 0.05) is 5.69 Å². The third-order valence-corrected chi connectivity index (χ3v) is 2.48. The SMILES string of the molecule is CCc1cccc(Nc2cnc(C(=O)O)cn2)c1. The van der Waals surface area contributed by atoms with Crippen molar-refractivity contribution in [3.05, 3.63) is 47.9 Å². The number of benzene rings is 1. The number of hydrogen-bond acceptors (Lipinski definition) is 4. The fraction of sp³-hybridized carbons (Fsp3) is 0.154. The quantitative estimate of drug-likeness (QED) is 0.862. The van der Waals surface area contributed by atoms with Crippen molar-refractivity contribution in [3.8, 4) is 0 Å². The lowest BCUT2D eigenvalue weighted by Crippen LogP contribution is -2.02. The summed E-state index contributed by atoms with van der Waals surface area (Å²) in [5.74, 6) is -0.560. The minimum absolute atomic E-state index is 0.0668. The van der Waals surface area contributed by atoms with Crippen LogP contribution in [0.5, 0.6) is 0 Å². The number of hydrogen-bond donors (Lipinski definition) is 2. The minimum Gasteiger partial charge on any atom is -0.476 e. The molecule has 5 nitrogen and oxygen atoms in total. The predicted molar refractivity (Wildman–Crippen MR) is 68.1 cm³/mol. The maximum absolute atomic E-state index is 10.6. The highest BCUT2D eigenvalue weighted by Crippen LogP contribution is 2.15. The minimum atomic E-state index is -1.08. The van der Waals surface area contributed by atoms with Gasteiger partial charge in [-0.15, -0.1) is 0 Å². The van der Waals surface area contributed by atoms with Crippen LogP contribution in [0.25, 0.3) is 0 Å². The summed E-state index contributed by atoms with van der Waals surface area (Å²) >= 11 is 0. The number of nitrogens with zero attached hydrogens (tertiary/aromatic N) is 2. The summed E-state index contributed by atoms with van der Waals surface area (Å²) in [5.41, 5.74) is 2.06. The summed E-state index contributed by atoms with van der Waals surface area (Å²) in [5, 5.41) is 11.8. The molecule has 0 atom stereocenters. The van der Waals surface area contributed by atoms with Crippen LogP contribution in [-0.4, -0.2) is 21.0 Å². The Morgan fingerprint density at radius 1 is 1.33 bits per heavy atom. The molecule has 0 bridgehead atoms. The molecular weight excluding hydrogens is 230 g/mol. The summed E-state index contributed by atoms with van der Waals surface area (Å²) in [6, 6.07) is 7.95. The summed E-state index contributed by atoms with van der Waals surface area (Å²) in [6.45, 7) is 2.08. The van der Waals surface area contributed by atoms with Gasteiger partial charge in [-0.25, -0.2) is 14.8 Å². The van der Waals surface area contributed by atoms with E-state index >= 15 is 0 Å². The Hall–Kier alpha value is -2.43. The maximum atomic E-state index is 10.6. The lowest BCUT2D eigenvalue weighted by Gasteiger charge is -2.06.